The highest BCUT2D eigenvalue weighted by Crippen LogP contribution is 2.34. The van der Waals surface area contributed by atoms with E-state index in [9.17, 15) is 0 Å². The molecule has 30 heavy (non-hydrogen) atoms. The second-order valence-corrected chi connectivity index (χ2v) is 10.2. The van der Waals surface area contributed by atoms with E-state index >= 15 is 0 Å². The molecule has 164 valence electrons. The zero-order valence-electron chi connectivity index (χ0n) is 18.5. The van der Waals surface area contributed by atoms with Crippen molar-refractivity contribution in [3.8, 4) is 5.75 Å². The van der Waals surface area contributed by atoms with Crippen LogP contribution in [0.3, 0.4) is 0 Å². The van der Waals surface area contributed by atoms with Crippen LogP contribution in [0.5, 0.6) is 5.75 Å². The summed E-state index contributed by atoms with van der Waals surface area (Å²) < 4.78 is 6.52. The minimum atomic E-state index is 0.220. The molecule has 0 fully saturated rings. The van der Waals surface area contributed by atoms with Crippen molar-refractivity contribution in [1.29, 1.82) is 0 Å². The Morgan fingerprint density at radius 2 is 2.13 bits per heavy atom. The normalized spacial score (nSPS) is 17.8. The highest BCUT2D eigenvalue weighted by atomic mass is 127. The fourth-order valence-electron chi connectivity index (χ4n) is 2.65. The van der Waals surface area contributed by atoms with E-state index in [2.05, 4.69) is 63.6 Å². The summed E-state index contributed by atoms with van der Waals surface area (Å²) in [6, 6.07) is 6.01. The molecule has 2 rings (SSSR count). The van der Waals surface area contributed by atoms with Crippen molar-refractivity contribution in [1.82, 2.24) is 10.2 Å². The van der Waals surface area contributed by atoms with E-state index in [0.717, 1.165) is 44.9 Å². The van der Waals surface area contributed by atoms with Gasteiger partial charge in [0, 0.05) is 40.8 Å². The van der Waals surface area contributed by atoms with Crippen LogP contribution in [0.15, 0.2) is 49.5 Å². The van der Waals surface area contributed by atoms with Crippen molar-refractivity contribution in [2.24, 2.45) is 26.1 Å². The molecule has 1 heterocycles. The number of hydrogen-bond donors (Lipinski definition) is 2. The average molecular weight is 542 g/mol. The first-order valence-corrected chi connectivity index (χ1v) is 11.6. The molecule has 9 heteroatoms. The molecule has 0 aliphatic carbocycles. The predicted molar refractivity (Wildman–Crippen MR) is 137 cm³/mol. The Kier molecular flexibility index (Phi) is 9.17. The molecule has 0 aromatic heterocycles. The number of allylic oxidation sites excluding steroid dienone is 1. The summed E-state index contributed by atoms with van der Waals surface area (Å²) in [7, 11) is 3.37. The molecule has 1 aliphatic rings. The van der Waals surface area contributed by atoms with Gasteiger partial charge in [0.2, 0.25) is 0 Å². The third kappa shape index (κ3) is 6.98. The van der Waals surface area contributed by atoms with Gasteiger partial charge in [-0.1, -0.05) is 32.5 Å². The van der Waals surface area contributed by atoms with Crippen LogP contribution >= 0.6 is 34.4 Å². The van der Waals surface area contributed by atoms with Crippen LogP contribution in [-0.4, -0.2) is 56.0 Å². The SMILES string of the molecule is C\N=C/N=C1\C(=C(/C)N)N=C(Sc2cc(OC)ccc2I)N1CCNCC(C)(C)C. The first-order valence-electron chi connectivity index (χ1n) is 9.69. The fraction of sp³-hybridized carbons (Fsp3) is 0.476. The van der Waals surface area contributed by atoms with Crippen molar-refractivity contribution in [3.05, 3.63) is 33.2 Å². The van der Waals surface area contributed by atoms with Crippen molar-refractivity contribution in [2.75, 3.05) is 33.8 Å². The number of ether oxygens (including phenoxy) is 1. The Morgan fingerprint density at radius 1 is 1.40 bits per heavy atom. The maximum atomic E-state index is 6.14. The lowest BCUT2D eigenvalue weighted by atomic mass is 9.97. The van der Waals surface area contributed by atoms with Crippen LogP contribution < -0.4 is 15.8 Å². The van der Waals surface area contributed by atoms with Gasteiger partial charge in [-0.2, -0.15) is 0 Å². The van der Waals surface area contributed by atoms with Crippen LogP contribution in [0.1, 0.15) is 27.7 Å². The Hall–Kier alpha value is -1.59. The molecule has 0 unspecified atom stereocenters. The lowest BCUT2D eigenvalue weighted by molar-refractivity contribution is 0.376. The lowest BCUT2D eigenvalue weighted by Crippen LogP contribution is -2.39. The van der Waals surface area contributed by atoms with Crippen molar-refractivity contribution < 1.29 is 4.74 Å². The number of aliphatic imine (C=N–C) groups is 3. The minimum Gasteiger partial charge on any atom is -0.497 e. The molecule has 0 saturated heterocycles. The minimum absolute atomic E-state index is 0.220. The predicted octanol–water partition coefficient (Wildman–Crippen LogP) is 3.95. The number of amidine groups is 2. The van der Waals surface area contributed by atoms with Gasteiger partial charge in [0.1, 0.15) is 17.8 Å². The first-order chi connectivity index (χ1) is 14.2. The molecule has 0 amide bonds. The number of halogens is 1. The standard InChI is InChI=1S/C21H31IN6OS/c1-14(23)18-19(26-13-24-5)28(10-9-25-12-21(2,3)4)20(27-18)30-17-11-15(29-6)7-8-16(17)22/h7-8,11,13,25H,9-10,12,23H2,1-6H3/b18-14-,24-13-,26-19+. The Morgan fingerprint density at radius 3 is 2.73 bits per heavy atom. The smallest absolute Gasteiger partial charge is 0.175 e. The largest absolute Gasteiger partial charge is 0.497 e. The van der Waals surface area contributed by atoms with Crippen LogP contribution in [0, 0.1) is 8.99 Å². The molecule has 0 bridgehead atoms. The third-order valence-corrected chi connectivity index (χ3v) is 6.44. The Bertz CT molecular complexity index is 869. The van der Waals surface area contributed by atoms with Crippen molar-refractivity contribution in [3.63, 3.8) is 0 Å². The maximum absolute atomic E-state index is 6.14. The summed E-state index contributed by atoms with van der Waals surface area (Å²) >= 11 is 3.91. The molecule has 1 aromatic carbocycles. The van der Waals surface area contributed by atoms with Gasteiger partial charge in [0.05, 0.1) is 7.11 Å². The second kappa shape index (κ2) is 11.1. The zero-order valence-corrected chi connectivity index (χ0v) is 21.5. The molecule has 3 N–H and O–H groups in total. The van der Waals surface area contributed by atoms with E-state index in [0.29, 0.717) is 11.4 Å². The summed E-state index contributed by atoms with van der Waals surface area (Å²) in [6.45, 7) is 10.9. The quantitative estimate of drug-likeness (QED) is 0.236. The Balaban J connectivity index is 2.33. The zero-order chi connectivity index (χ0) is 22.3. The second-order valence-electron chi connectivity index (χ2n) is 8.04. The highest BCUT2D eigenvalue weighted by molar-refractivity contribution is 14.1. The molecule has 0 saturated carbocycles. The molecule has 0 atom stereocenters. The van der Waals surface area contributed by atoms with E-state index in [1.165, 1.54) is 6.34 Å². The van der Waals surface area contributed by atoms with E-state index in [1.54, 1.807) is 25.9 Å². The topological polar surface area (TPSA) is 87.6 Å². The lowest BCUT2D eigenvalue weighted by Gasteiger charge is -2.23. The van der Waals surface area contributed by atoms with Gasteiger partial charge < -0.3 is 20.7 Å². The number of thioether (sulfide) groups is 1. The van der Waals surface area contributed by atoms with E-state index in [-0.39, 0.29) is 5.41 Å². The molecule has 0 spiro atoms. The third-order valence-electron chi connectivity index (χ3n) is 4.08. The number of nitrogens with two attached hydrogens (primary N) is 1. The van der Waals surface area contributed by atoms with Crippen LogP contribution in [0.4, 0.5) is 0 Å². The van der Waals surface area contributed by atoms with Gasteiger partial charge in [-0.3, -0.25) is 4.99 Å². The molecule has 7 nitrogen and oxygen atoms in total. The van der Waals surface area contributed by atoms with Gasteiger partial charge in [-0.25, -0.2) is 9.98 Å². The van der Waals surface area contributed by atoms with Gasteiger partial charge >= 0.3 is 0 Å². The first kappa shape index (κ1) is 24.7. The Labute approximate surface area is 197 Å². The fourth-order valence-corrected chi connectivity index (χ4v) is 4.28. The molecular weight excluding hydrogens is 511 g/mol. The van der Waals surface area contributed by atoms with Crippen LogP contribution in [0.2, 0.25) is 0 Å². The van der Waals surface area contributed by atoms with E-state index in [1.807, 2.05) is 25.1 Å². The van der Waals surface area contributed by atoms with Gasteiger partial charge in [-0.05, 0) is 53.1 Å². The summed E-state index contributed by atoms with van der Waals surface area (Å²) in [5.74, 6) is 1.53. The highest BCUT2D eigenvalue weighted by Gasteiger charge is 2.30. The number of nitrogens with one attached hydrogen (secondary N) is 1. The van der Waals surface area contributed by atoms with Crippen molar-refractivity contribution >= 4 is 51.7 Å². The van der Waals surface area contributed by atoms with Crippen LogP contribution in [0.25, 0.3) is 0 Å². The molecule has 1 aliphatic heterocycles. The monoisotopic (exact) mass is 542 g/mol. The average Bonchev–Trinajstić information content (AvgIpc) is 3.02. The van der Waals surface area contributed by atoms with Gasteiger partial charge in [0.25, 0.3) is 0 Å². The van der Waals surface area contributed by atoms with Gasteiger partial charge in [-0.15, -0.1) is 0 Å². The number of methoxy groups -OCH3 is 1. The summed E-state index contributed by atoms with van der Waals surface area (Å²) in [4.78, 5) is 16.5. The van der Waals surface area contributed by atoms with E-state index < -0.39 is 0 Å². The maximum Gasteiger partial charge on any atom is 0.175 e. The van der Waals surface area contributed by atoms with Gasteiger partial charge in [0.15, 0.2) is 11.0 Å². The number of rotatable bonds is 7. The van der Waals surface area contributed by atoms with E-state index in [4.69, 9.17) is 15.5 Å². The molecular formula is C21H31IN6OS. The summed E-state index contributed by atoms with van der Waals surface area (Å²) in [5.41, 5.74) is 7.67. The molecule has 0 radical (unpaired) electrons. The van der Waals surface area contributed by atoms with Crippen molar-refractivity contribution in [2.45, 2.75) is 32.6 Å². The molecule has 1 aromatic rings. The summed E-state index contributed by atoms with van der Waals surface area (Å²) in [6.07, 6.45) is 1.53. The number of hydrogen-bond acceptors (Lipinski definition) is 6. The summed E-state index contributed by atoms with van der Waals surface area (Å²) in [5, 5.41) is 4.36. The number of benzene rings is 1. The number of nitrogens with zero attached hydrogens (tertiary/aromatic N) is 4. The van der Waals surface area contributed by atoms with Crippen LogP contribution in [-0.2, 0) is 0 Å².